The fraction of sp³-hybridized carbons (Fsp3) is 0.318. The predicted octanol–water partition coefficient (Wildman–Crippen LogP) is 3.02. The van der Waals surface area contributed by atoms with Crippen LogP contribution in [0.3, 0.4) is 0 Å². The molecular formula is C22H25F2N3O2. The molecule has 0 radical (unpaired) electrons. The Bertz CT molecular complexity index is 888. The van der Waals surface area contributed by atoms with Gasteiger partial charge >= 0.3 is 0 Å². The Morgan fingerprint density at radius 3 is 2.90 bits per heavy atom. The summed E-state index contributed by atoms with van der Waals surface area (Å²) in [5.74, 6) is -2.18. The van der Waals surface area contributed by atoms with Crippen molar-refractivity contribution in [3.05, 3.63) is 71.3 Å². The van der Waals surface area contributed by atoms with E-state index in [1.165, 1.54) is 18.2 Å². The normalized spacial score (nSPS) is 18.1. The van der Waals surface area contributed by atoms with Crippen molar-refractivity contribution in [2.24, 2.45) is 5.73 Å². The number of morpholine rings is 1. The van der Waals surface area contributed by atoms with Crippen LogP contribution in [0.4, 0.5) is 14.5 Å². The van der Waals surface area contributed by atoms with E-state index in [1.54, 1.807) is 0 Å². The van der Waals surface area contributed by atoms with Gasteiger partial charge in [0.25, 0.3) is 0 Å². The number of amides is 1. The molecule has 1 amide bonds. The maximum Gasteiger partial charge on any atom is 0.244 e. The molecule has 1 heterocycles. The summed E-state index contributed by atoms with van der Waals surface area (Å²) in [5, 5.41) is 2.89. The van der Waals surface area contributed by atoms with Crippen molar-refractivity contribution < 1.29 is 18.3 Å². The quantitative estimate of drug-likeness (QED) is 0.731. The summed E-state index contributed by atoms with van der Waals surface area (Å²) in [6.45, 7) is 4.53. The van der Waals surface area contributed by atoms with Crippen LogP contribution in [-0.2, 0) is 9.53 Å². The van der Waals surface area contributed by atoms with Gasteiger partial charge < -0.3 is 20.7 Å². The summed E-state index contributed by atoms with van der Waals surface area (Å²) in [6.07, 6.45) is 2.77. The maximum atomic E-state index is 13.2. The van der Waals surface area contributed by atoms with E-state index in [4.69, 9.17) is 10.5 Å². The highest BCUT2D eigenvalue weighted by Crippen LogP contribution is 2.22. The highest BCUT2D eigenvalue weighted by molar-refractivity contribution is 5.92. The van der Waals surface area contributed by atoms with Crippen LogP contribution in [-0.4, -0.2) is 38.3 Å². The van der Waals surface area contributed by atoms with Gasteiger partial charge in [0.1, 0.15) is 0 Å². The van der Waals surface area contributed by atoms with E-state index in [-0.39, 0.29) is 18.1 Å². The molecule has 154 valence electrons. The molecule has 1 aliphatic heterocycles. The van der Waals surface area contributed by atoms with E-state index in [0.29, 0.717) is 18.7 Å². The van der Waals surface area contributed by atoms with E-state index in [9.17, 15) is 13.6 Å². The van der Waals surface area contributed by atoms with Crippen molar-refractivity contribution in [2.45, 2.75) is 19.1 Å². The van der Waals surface area contributed by atoms with Crippen LogP contribution in [0.5, 0.6) is 0 Å². The molecule has 0 aromatic heterocycles. The molecule has 5 nitrogen and oxygen atoms in total. The first-order chi connectivity index (χ1) is 14.0. The molecule has 29 heavy (non-hydrogen) atoms. The Labute approximate surface area is 169 Å². The lowest BCUT2D eigenvalue weighted by atomic mass is 10.1. The van der Waals surface area contributed by atoms with Gasteiger partial charge in [-0.1, -0.05) is 18.2 Å². The van der Waals surface area contributed by atoms with Crippen molar-refractivity contribution in [3.63, 3.8) is 0 Å². The number of hydrogen-bond donors (Lipinski definition) is 2. The highest BCUT2D eigenvalue weighted by atomic mass is 19.2. The number of carbonyl (C=O) groups excluding carboxylic acids is 1. The van der Waals surface area contributed by atoms with E-state index in [0.717, 1.165) is 36.5 Å². The fourth-order valence-corrected chi connectivity index (χ4v) is 3.22. The average Bonchev–Trinajstić information content (AvgIpc) is 2.74. The Morgan fingerprint density at radius 1 is 1.31 bits per heavy atom. The molecular weight excluding hydrogens is 376 g/mol. The van der Waals surface area contributed by atoms with Crippen LogP contribution in [0.2, 0.25) is 0 Å². The Morgan fingerprint density at radius 2 is 2.14 bits per heavy atom. The van der Waals surface area contributed by atoms with Crippen LogP contribution in [0, 0.1) is 11.6 Å². The second-order valence-electron chi connectivity index (χ2n) is 7.01. The number of anilines is 1. The molecule has 1 aliphatic rings. The summed E-state index contributed by atoms with van der Waals surface area (Å²) in [5.41, 5.74) is 8.15. The maximum absolute atomic E-state index is 13.2. The van der Waals surface area contributed by atoms with Crippen molar-refractivity contribution in [1.82, 2.24) is 5.32 Å². The second kappa shape index (κ2) is 9.62. The molecule has 1 unspecified atom stereocenters. The van der Waals surface area contributed by atoms with E-state index in [2.05, 4.69) is 10.2 Å². The first-order valence-electron chi connectivity index (χ1n) is 9.56. The zero-order valence-electron chi connectivity index (χ0n) is 16.3. The molecule has 2 aromatic rings. The van der Waals surface area contributed by atoms with E-state index in [1.807, 2.05) is 31.2 Å². The lowest BCUT2D eigenvalue weighted by Gasteiger charge is -2.34. The van der Waals surface area contributed by atoms with Gasteiger partial charge in [-0.2, -0.15) is 0 Å². The number of hydrogen-bond acceptors (Lipinski definition) is 4. The smallest absolute Gasteiger partial charge is 0.244 e. The number of nitrogens with zero attached hydrogens (tertiary/aromatic N) is 1. The summed E-state index contributed by atoms with van der Waals surface area (Å²) < 4.78 is 31.8. The standard InChI is InChI=1S/C22H25F2N3O2/c1-15(26-22(28)8-6-16-5-7-20(23)21(24)11-16)17-3-2-4-18(12-17)27-9-10-29-19(13-25)14-27/h2-8,11-12,15,19H,9-10,13-14,25H2,1H3,(H,26,28)/t15?,19-/m0/s1. The minimum absolute atomic E-state index is 0.0194. The average molecular weight is 401 g/mol. The molecule has 0 aliphatic carbocycles. The molecule has 1 saturated heterocycles. The first kappa shape index (κ1) is 21.0. The monoisotopic (exact) mass is 401 g/mol. The SMILES string of the molecule is CC(NC(=O)C=Cc1ccc(F)c(F)c1)c1cccc(N2CCO[C@@H](CN)C2)c1. The lowest BCUT2D eigenvalue weighted by molar-refractivity contribution is -0.117. The summed E-state index contributed by atoms with van der Waals surface area (Å²) in [6, 6.07) is 11.2. The number of carbonyl (C=O) groups is 1. The molecule has 2 atom stereocenters. The minimum Gasteiger partial charge on any atom is -0.373 e. The molecule has 3 N–H and O–H groups in total. The zero-order chi connectivity index (χ0) is 20.8. The van der Waals surface area contributed by atoms with Gasteiger partial charge in [0, 0.05) is 31.4 Å². The molecule has 0 bridgehead atoms. The molecule has 1 fully saturated rings. The van der Waals surface area contributed by atoms with Crippen molar-refractivity contribution >= 4 is 17.7 Å². The van der Waals surface area contributed by atoms with Crippen LogP contribution < -0.4 is 16.0 Å². The third-order valence-electron chi connectivity index (χ3n) is 4.87. The summed E-state index contributed by atoms with van der Waals surface area (Å²) in [4.78, 5) is 14.4. The van der Waals surface area contributed by atoms with Crippen LogP contribution in [0.25, 0.3) is 6.08 Å². The van der Waals surface area contributed by atoms with Gasteiger partial charge in [0.15, 0.2) is 11.6 Å². The first-order valence-corrected chi connectivity index (χ1v) is 9.56. The molecule has 0 spiro atoms. The van der Waals surface area contributed by atoms with Crippen LogP contribution >= 0.6 is 0 Å². The zero-order valence-corrected chi connectivity index (χ0v) is 16.3. The number of rotatable bonds is 6. The molecule has 7 heteroatoms. The van der Waals surface area contributed by atoms with Gasteiger partial charge in [-0.25, -0.2) is 8.78 Å². The number of nitrogens with one attached hydrogen (secondary N) is 1. The number of halogens is 2. The minimum atomic E-state index is -0.947. The van der Waals surface area contributed by atoms with Crippen LogP contribution in [0.15, 0.2) is 48.5 Å². The second-order valence-corrected chi connectivity index (χ2v) is 7.01. The molecule has 3 rings (SSSR count). The van der Waals surface area contributed by atoms with Gasteiger partial charge in [-0.3, -0.25) is 4.79 Å². The summed E-state index contributed by atoms with van der Waals surface area (Å²) in [7, 11) is 0. The van der Waals surface area contributed by atoms with Gasteiger partial charge in [-0.15, -0.1) is 0 Å². The topological polar surface area (TPSA) is 67.6 Å². The van der Waals surface area contributed by atoms with E-state index >= 15 is 0 Å². The number of nitrogens with two attached hydrogens (primary N) is 1. The predicted molar refractivity (Wildman–Crippen MR) is 109 cm³/mol. The highest BCUT2D eigenvalue weighted by Gasteiger charge is 2.20. The number of benzene rings is 2. The van der Waals surface area contributed by atoms with Crippen molar-refractivity contribution in [1.29, 1.82) is 0 Å². The largest absolute Gasteiger partial charge is 0.373 e. The van der Waals surface area contributed by atoms with Gasteiger partial charge in [0.05, 0.1) is 18.8 Å². The Balaban J connectivity index is 1.62. The van der Waals surface area contributed by atoms with Gasteiger partial charge in [0.2, 0.25) is 5.91 Å². The van der Waals surface area contributed by atoms with Crippen molar-refractivity contribution in [3.8, 4) is 0 Å². The molecule has 2 aromatic carbocycles. The number of ether oxygens (including phenoxy) is 1. The third kappa shape index (κ3) is 5.62. The van der Waals surface area contributed by atoms with Crippen LogP contribution in [0.1, 0.15) is 24.1 Å². The molecule has 0 saturated carbocycles. The lowest BCUT2D eigenvalue weighted by Crippen LogP contribution is -2.45. The Hall–Kier alpha value is -2.77. The summed E-state index contributed by atoms with van der Waals surface area (Å²) >= 11 is 0. The van der Waals surface area contributed by atoms with Gasteiger partial charge in [-0.05, 0) is 48.4 Å². The third-order valence-corrected chi connectivity index (χ3v) is 4.87. The van der Waals surface area contributed by atoms with Crippen molar-refractivity contribution in [2.75, 3.05) is 31.1 Å². The fourth-order valence-electron chi connectivity index (χ4n) is 3.22. The Kier molecular flexibility index (Phi) is 6.95. The van der Waals surface area contributed by atoms with E-state index < -0.39 is 11.6 Å².